The van der Waals surface area contributed by atoms with Crippen LogP contribution in [0.3, 0.4) is 0 Å². The van der Waals surface area contributed by atoms with Crippen molar-refractivity contribution < 1.29 is 19.1 Å². The van der Waals surface area contributed by atoms with Crippen molar-refractivity contribution in [2.24, 2.45) is 11.8 Å². The summed E-state index contributed by atoms with van der Waals surface area (Å²) >= 11 is 0. The molecule has 2 atom stereocenters. The summed E-state index contributed by atoms with van der Waals surface area (Å²) in [6, 6.07) is 0. The molecule has 1 fully saturated rings. The van der Waals surface area contributed by atoms with E-state index < -0.39 is 5.97 Å². The molecule has 70 valence electrons. The number of hydrogen-bond acceptors (Lipinski definition) is 4. The summed E-state index contributed by atoms with van der Waals surface area (Å²) in [5.41, 5.74) is 0. The highest BCUT2D eigenvalue weighted by Crippen LogP contribution is 2.36. The van der Waals surface area contributed by atoms with Crippen molar-refractivity contribution in [3.05, 3.63) is 11.8 Å². The Morgan fingerprint density at radius 2 is 2.08 bits per heavy atom. The van der Waals surface area contributed by atoms with E-state index in [0.29, 0.717) is 12.8 Å². The number of rotatable bonds is 1. The molecule has 2 unspecified atom stereocenters. The molecule has 2 aliphatic rings. The number of hydrogen-bond donors (Lipinski definition) is 0. The van der Waals surface area contributed by atoms with E-state index in [2.05, 4.69) is 4.74 Å². The average molecular weight is 182 g/mol. The van der Waals surface area contributed by atoms with Gasteiger partial charge in [0.05, 0.1) is 24.7 Å². The molecule has 0 aromatic rings. The zero-order valence-electron chi connectivity index (χ0n) is 7.28. The van der Waals surface area contributed by atoms with Gasteiger partial charge in [-0.25, -0.2) is 0 Å². The van der Waals surface area contributed by atoms with Gasteiger partial charge in [0.15, 0.2) is 0 Å². The van der Waals surface area contributed by atoms with E-state index in [-0.39, 0.29) is 17.8 Å². The molecule has 0 aromatic carbocycles. The fraction of sp³-hybridized carbons (Fsp3) is 0.556. The molecule has 2 rings (SSSR count). The number of carbonyl (C=O) groups excluding carboxylic acids is 2. The van der Waals surface area contributed by atoms with Gasteiger partial charge in [-0.3, -0.25) is 9.59 Å². The maximum atomic E-state index is 11.2. The highest BCUT2D eigenvalue weighted by molar-refractivity contribution is 5.96. The standard InChI is InChI=1S/C9H10O4/c1-12-5-2-3-6-7(4-5)9(11)13-8(6)10/h2,6-7H,3-4H2,1H3. The number of ether oxygens (including phenoxy) is 2. The predicted molar refractivity (Wildman–Crippen MR) is 42.4 cm³/mol. The van der Waals surface area contributed by atoms with E-state index in [1.165, 1.54) is 0 Å². The largest absolute Gasteiger partial charge is 0.501 e. The highest BCUT2D eigenvalue weighted by atomic mass is 16.6. The Hall–Kier alpha value is -1.32. The molecule has 0 amide bonds. The van der Waals surface area contributed by atoms with Crippen molar-refractivity contribution in [1.82, 2.24) is 0 Å². The van der Waals surface area contributed by atoms with Crippen LogP contribution in [0.2, 0.25) is 0 Å². The van der Waals surface area contributed by atoms with Crippen LogP contribution in [0.4, 0.5) is 0 Å². The van der Waals surface area contributed by atoms with E-state index >= 15 is 0 Å². The normalized spacial score (nSPS) is 32.2. The first-order chi connectivity index (χ1) is 6.22. The van der Waals surface area contributed by atoms with Crippen molar-refractivity contribution in [1.29, 1.82) is 0 Å². The van der Waals surface area contributed by atoms with Crippen LogP contribution in [0.1, 0.15) is 12.8 Å². The zero-order chi connectivity index (χ0) is 9.42. The van der Waals surface area contributed by atoms with Crippen LogP contribution >= 0.6 is 0 Å². The fourth-order valence-electron chi connectivity index (χ4n) is 1.79. The summed E-state index contributed by atoms with van der Waals surface area (Å²) in [5, 5.41) is 0. The third-order valence-corrected chi connectivity index (χ3v) is 2.58. The first-order valence-corrected chi connectivity index (χ1v) is 4.21. The maximum absolute atomic E-state index is 11.2. The van der Waals surface area contributed by atoms with Crippen LogP contribution in [-0.2, 0) is 19.1 Å². The number of carbonyl (C=O) groups is 2. The summed E-state index contributed by atoms with van der Waals surface area (Å²) in [4.78, 5) is 22.3. The smallest absolute Gasteiger partial charge is 0.317 e. The molecule has 1 aliphatic heterocycles. The minimum atomic E-state index is -0.405. The van der Waals surface area contributed by atoms with Gasteiger partial charge in [0, 0.05) is 6.42 Å². The van der Waals surface area contributed by atoms with Crippen molar-refractivity contribution in [3.63, 3.8) is 0 Å². The summed E-state index contributed by atoms with van der Waals surface area (Å²) in [7, 11) is 1.56. The lowest BCUT2D eigenvalue weighted by Gasteiger charge is -2.18. The second-order valence-electron chi connectivity index (χ2n) is 3.27. The summed E-state index contributed by atoms with van der Waals surface area (Å²) in [6.07, 6.45) is 2.89. The van der Waals surface area contributed by atoms with Crippen LogP contribution in [-0.4, -0.2) is 19.0 Å². The first-order valence-electron chi connectivity index (χ1n) is 4.21. The Labute approximate surface area is 75.5 Å². The quantitative estimate of drug-likeness (QED) is 0.440. The lowest BCUT2D eigenvalue weighted by atomic mass is 9.84. The monoisotopic (exact) mass is 182 g/mol. The predicted octanol–water partition coefficient (Wildman–Crippen LogP) is 0.626. The highest BCUT2D eigenvalue weighted by Gasteiger charge is 2.45. The number of cyclic esters (lactones) is 2. The topological polar surface area (TPSA) is 52.6 Å². The Kier molecular flexibility index (Phi) is 1.83. The van der Waals surface area contributed by atoms with Crippen molar-refractivity contribution in [2.75, 3.05) is 7.11 Å². The molecule has 1 saturated heterocycles. The molecule has 0 saturated carbocycles. The second-order valence-corrected chi connectivity index (χ2v) is 3.27. The molecule has 1 aliphatic carbocycles. The summed E-state index contributed by atoms with van der Waals surface area (Å²) < 4.78 is 9.56. The van der Waals surface area contributed by atoms with E-state index in [9.17, 15) is 9.59 Å². The molecule has 4 heteroatoms. The van der Waals surface area contributed by atoms with Gasteiger partial charge in [-0.05, 0) is 12.5 Å². The lowest BCUT2D eigenvalue weighted by Crippen LogP contribution is -2.21. The van der Waals surface area contributed by atoms with E-state index in [1.807, 2.05) is 6.08 Å². The summed E-state index contributed by atoms with van der Waals surface area (Å²) in [6.45, 7) is 0. The first kappa shape index (κ1) is 8.29. The van der Waals surface area contributed by atoms with Crippen LogP contribution < -0.4 is 0 Å². The van der Waals surface area contributed by atoms with Crippen LogP contribution in [0.15, 0.2) is 11.8 Å². The van der Waals surface area contributed by atoms with E-state index in [0.717, 1.165) is 5.76 Å². The molecule has 4 nitrogen and oxygen atoms in total. The minimum absolute atomic E-state index is 0.272. The fourth-order valence-corrected chi connectivity index (χ4v) is 1.79. The van der Waals surface area contributed by atoms with Crippen LogP contribution in [0, 0.1) is 11.8 Å². The molecule has 0 spiro atoms. The van der Waals surface area contributed by atoms with Crippen LogP contribution in [0.5, 0.6) is 0 Å². The molecule has 13 heavy (non-hydrogen) atoms. The molecular weight excluding hydrogens is 172 g/mol. The minimum Gasteiger partial charge on any atom is -0.501 e. The van der Waals surface area contributed by atoms with E-state index in [4.69, 9.17) is 4.74 Å². The molecule has 1 heterocycles. The molecule has 0 N–H and O–H groups in total. The van der Waals surface area contributed by atoms with Gasteiger partial charge >= 0.3 is 11.9 Å². The van der Waals surface area contributed by atoms with Crippen molar-refractivity contribution in [2.45, 2.75) is 12.8 Å². The Morgan fingerprint density at radius 1 is 1.38 bits per heavy atom. The van der Waals surface area contributed by atoms with Gasteiger partial charge < -0.3 is 9.47 Å². The van der Waals surface area contributed by atoms with Crippen molar-refractivity contribution in [3.8, 4) is 0 Å². The Balaban J connectivity index is 2.21. The third kappa shape index (κ3) is 1.22. The van der Waals surface area contributed by atoms with Gasteiger partial charge in [0.1, 0.15) is 0 Å². The van der Waals surface area contributed by atoms with Gasteiger partial charge in [0.2, 0.25) is 0 Å². The number of fused-ring (bicyclic) bond motifs is 1. The Bertz CT molecular complexity index is 292. The van der Waals surface area contributed by atoms with Gasteiger partial charge in [0.25, 0.3) is 0 Å². The van der Waals surface area contributed by atoms with Crippen molar-refractivity contribution >= 4 is 11.9 Å². The second kappa shape index (κ2) is 2.87. The Morgan fingerprint density at radius 3 is 2.77 bits per heavy atom. The summed E-state index contributed by atoms with van der Waals surface area (Å²) in [5.74, 6) is -0.606. The number of methoxy groups -OCH3 is 1. The van der Waals surface area contributed by atoms with Gasteiger partial charge in [-0.15, -0.1) is 0 Å². The average Bonchev–Trinajstić information content (AvgIpc) is 2.42. The molecule has 0 bridgehead atoms. The van der Waals surface area contributed by atoms with Gasteiger partial charge in [-0.1, -0.05) is 0 Å². The molecule has 0 aromatic heterocycles. The van der Waals surface area contributed by atoms with Gasteiger partial charge in [-0.2, -0.15) is 0 Å². The maximum Gasteiger partial charge on any atom is 0.317 e. The SMILES string of the molecule is COC1=CCC2C(=O)OC(=O)C2C1. The lowest BCUT2D eigenvalue weighted by molar-refractivity contribution is -0.153. The zero-order valence-corrected chi connectivity index (χ0v) is 7.28. The molecule has 0 radical (unpaired) electrons. The number of allylic oxidation sites excluding steroid dienone is 2. The number of esters is 2. The van der Waals surface area contributed by atoms with Crippen LogP contribution in [0.25, 0.3) is 0 Å². The third-order valence-electron chi connectivity index (χ3n) is 2.58. The molecular formula is C9H10O4. The van der Waals surface area contributed by atoms with E-state index in [1.54, 1.807) is 7.11 Å².